The Morgan fingerprint density at radius 1 is 1.18 bits per heavy atom. The molecule has 0 aliphatic rings. The first-order chi connectivity index (χ1) is 16.4. The van der Waals surface area contributed by atoms with Crippen LogP contribution in [-0.4, -0.2) is 58.4 Å². The zero-order chi connectivity index (χ0) is 24.4. The minimum absolute atomic E-state index is 0.192. The second-order valence-electron chi connectivity index (χ2n) is 7.97. The minimum Gasteiger partial charge on any atom is -0.495 e. The van der Waals surface area contributed by atoms with Crippen molar-refractivity contribution < 1.29 is 9.53 Å². The number of fused-ring (bicyclic) bond motifs is 3. The predicted molar refractivity (Wildman–Crippen MR) is 136 cm³/mol. The monoisotopic (exact) mass is 481 g/mol. The van der Waals surface area contributed by atoms with Gasteiger partial charge < -0.3 is 19.5 Å². The van der Waals surface area contributed by atoms with Crippen molar-refractivity contribution in [1.82, 2.24) is 24.6 Å². The molecular weight excluding hydrogens is 454 g/mol. The molecule has 2 aromatic carbocycles. The van der Waals surface area contributed by atoms with E-state index in [0.717, 1.165) is 30.5 Å². The van der Waals surface area contributed by atoms with Gasteiger partial charge in [-0.25, -0.2) is 0 Å². The molecule has 0 unspecified atom stereocenters. The fourth-order valence-electron chi connectivity index (χ4n) is 4.25. The van der Waals surface area contributed by atoms with Crippen molar-refractivity contribution in [2.75, 3.05) is 33.3 Å². The Kier molecular flexibility index (Phi) is 6.90. The summed E-state index contributed by atoms with van der Waals surface area (Å²) in [6.07, 6.45) is 0. The number of rotatable bonds is 8. The lowest BCUT2D eigenvalue weighted by Gasteiger charge is -2.18. The Labute approximate surface area is 202 Å². The van der Waals surface area contributed by atoms with Crippen molar-refractivity contribution in [3.8, 4) is 11.4 Å². The first-order valence-corrected chi connectivity index (χ1v) is 11.6. The molecule has 4 rings (SSSR count). The molecule has 0 radical (unpaired) electrons. The Morgan fingerprint density at radius 3 is 2.59 bits per heavy atom. The predicted octanol–water partition coefficient (Wildman–Crippen LogP) is 3.61. The molecule has 9 heteroatoms. The molecule has 2 aromatic heterocycles. The van der Waals surface area contributed by atoms with E-state index in [1.165, 1.54) is 11.8 Å². The summed E-state index contributed by atoms with van der Waals surface area (Å²) in [4.78, 5) is 29.2. The lowest BCUT2D eigenvalue weighted by molar-refractivity contribution is 0.0944. The maximum atomic E-state index is 13.6. The molecule has 0 saturated carbocycles. The van der Waals surface area contributed by atoms with E-state index >= 15 is 0 Å². The van der Waals surface area contributed by atoms with E-state index in [9.17, 15) is 9.59 Å². The number of para-hydroxylation sites is 1. The van der Waals surface area contributed by atoms with Crippen LogP contribution in [-0.2, 0) is 7.05 Å². The molecular formula is C25H28ClN5O3. The number of nitrogens with one attached hydrogen (secondary N) is 1. The molecule has 1 N–H and O–H groups in total. The standard InChI is InChI=1S/C25H28ClN5O3/c1-5-30(6-2)14-13-27-24(32)22-21-17-9-7-8-10-19(17)29(3)23(21)25(33)31(28-22)16-11-12-20(34-4)18(26)15-16/h7-12,15H,5-6,13-14H2,1-4H3,(H,27,32). The number of benzene rings is 2. The summed E-state index contributed by atoms with van der Waals surface area (Å²) in [6, 6.07) is 12.6. The van der Waals surface area contributed by atoms with Crippen LogP contribution in [0.4, 0.5) is 0 Å². The van der Waals surface area contributed by atoms with Gasteiger partial charge in [-0.2, -0.15) is 9.78 Å². The van der Waals surface area contributed by atoms with Crippen molar-refractivity contribution in [2.24, 2.45) is 7.05 Å². The van der Waals surface area contributed by atoms with Gasteiger partial charge in [0, 0.05) is 36.4 Å². The highest BCUT2D eigenvalue weighted by atomic mass is 35.5. The number of ether oxygens (including phenoxy) is 1. The van der Waals surface area contributed by atoms with E-state index in [2.05, 4.69) is 29.2 Å². The highest BCUT2D eigenvalue weighted by molar-refractivity contribution is 6.32. The summed E-state index contributed by atoms with van der Waals surface area (Å²) in [5.41, 5.74) is 1.55. The van der Waals surface area contributed by atoms with Gasteiger partial charge in [0.1, 0.15) is 11.3 Å². The van der Waals surface area contributed by atoms with Crippen LogP contribution in [0.1, 0.15) is 24.3 Å². The first-order valence-electron chi connectivity index (χ1n) is 11.3. The van der Waals surface area contributed by atoms with Gasteiger partial charge in [-0.3, -0.25) is 9.59 Å². The maximum Gasteiger partial charge on any atom is 0.296 e. The summed E-state index contributed by atoms with van der Waals surface area (Å²) < 4.78 is 8.26. The van der Waals surface area contributed by atoms with Gasteiger partial charge in [0.15, 0.2) is 5.69 Å². The zero-order valence-electron chi connectivity index (χ0n) is 19.8. The zero-order valence-corrected chi connectivity index (χ0v) is 20.5. The molecule has 1 amide bonds. The second-order valence-corrected chi connectivity index (χ2v) is 8.37. The molecule has 2 heterocycles. The molecule has 0 aliphatic heterocycles. The fraction of sp³-hybridized carbons (Fsp3) is 0.320. The third-order valence-corrected chi connectivity index (χ3v) is 6.44. The number of methoxy groups -OCH3 is 1. The van der Waals surface area contributed by atoms with Gasteiger partial charge in [0.05, 0.1) is 17.8 Å². The number of halogens is 1. The highest BCUT2D eigenvalue weighted by Gasteiger charge is 2.23. The number of hydrogen-bond donors (Lipinski definition) is 1. The van der Waals surface area contributed by atoms with Crippen LogP contribution in [0.25, 0.3) is 27.5 Å². The number of nitrogens with zero attached hydrogens (tertiary/aromatic N) is 4. The summed E-state index contributed by atoms with van der Waals surface area (Å²) in [6.45, 7) is 7.18. The Balaban J connectivity index is 1.90. The smallest absolute Gasteiger partial charge is 0.296 e. The molecule has 4 aromatic rings. The van der Waals surface area contributed by atoms with E-state index < -0.39 is 0 Å². The number of carbonyl (C=O) groups excluding carboxylic acids is 1. The quantitative estimate of drug-likeness (QED) is 0.416. The van der Waals surface area contributed by atoms with Crippen molar-refractivity contribution >= 4 is 39.3 Å². The van der Waals surface area contributed by atoms with E-state index in [4.69, 9.17) is 16.3 Å². The van der Waals surface area contributed by atoms with Gasteiger partial charge >= 0.3 is 0 Å². The number of aryl methyl sites for hydroxylation is 1. The van der Waals surface area contributed by atoms with Gasteiger partial charge in [-0.05, 0) is 37.4 Å². The molecule has 8 nitrogen and oxygen atoms in total. The largest absolute Gasteiger partial charge is 0.495 e. The average molecular weight is 482 g/mol. The Hall–Kier alpha value is -3.36. The molecule has 0 saturated heterocycles. The van der Waals surface area contributed by atoms with E-state index in [0.29, 0.717) is 33.9 Å². The third-order valence-electron chi connectivity index (χ3n) is 6.14. The number of amides is 1. The molecule has 34 heavy (non-hydrogen) atoms. The average Bonchev–Trinajstić information content (AvgIpc) is 3.15. The minimum atomic E-state index is -0.338. The molecule has 0 spiro atoms. The van der Waals surface area contributed by atoms with Crippen LogP contribution in [0, 0.1) is 0 Å². The summed E-state index contributed by atoms with van der Waals surface area (Å²) in [5, 5.41) is 9.20. The van der Waals surface area contributed by atoms with Crippen LogP contribution in [0.3, 0.4) is 0 Å². The molecule has 178 valence electrons. The van der Waals surface area contributed by atoms with Crippen molar-refractivity contribution in [3.63, 3.8) is 0 Å². The summed E-state index contributed by atoms with van der Waals surface area (Å²) in [5.74, 6) is 0.153. The van der Waals surface area contributed by atoms with Gasteiger partial charge in [-0.1, -0.05) is 43.6 Å². The number of likely N-dealkylation sites (N-methyl/N-ethyl adjacent to an activating group) is 1. The summed E-state index contributed by atoms with van der Waals surface area (Å²) >= 11 is 6.32. The molecule has 0 fully saturated rings. The number of hydrogen-bond acceptors (Lipinski definition) is 5. The van der Waals surface area contributed by atoms with Crippen LogP contribution in [0.15, 0.2) is 47.3 Å². The van der Waals surface area contributed by atoms with Crippen LogP contribution in [0.5, 0.6) is 5.75 Å². The maximum absolute atomic E-state index is 13.6. The van der Waals surface area contributed by atoms with Crippen molar-refractivity contribution in [2.45, 2.75) is 13.8 Å². The van der Waals surface area contributed by atoms with Gasteiger partial charge in [-0.15, -0.1) is 0 Å². The summed E-state index contributed by atoms with van der Waals surface area (Å²) in [7, 11) is 3.34. The number of aromatic nitrogens is 3. The fourth-order valence-corrected chi connectivity index (χ4v) is 4.50. The SMILES string of the molecule is CCN(CC)CCNC(=O)c1nn(-c2ccc(OC)c(Cl)c2)c(=O)c2c1c1ccccc1n2C. The van der Waals surface area contributed by atoms with E-state index in [1.807, 2.05) is 35.9 Å². The van der Waals surface area contributed by atoms with Crippen molar-refractivity contribution in [3.05, 3.63) is 63.5 Å². The topological polar surface area (TPSA) is 81.4 Å². The Morgan fingerprint density at radius 2 is 1.91 bits per heavy atom. The Bertz CT molecular complexity index is 1420. The van der Waals surface area contributed by atoms with Crippen LogP contribution < -0.4 is 15.6 Å². The lowest BCUT2D eigenvalue weighted by atomic mass is 10.1. The normalized spacial score (nSPS) is 11.5. The molecule has 0 atom stereocenters. The van der Waals surface area contributed by atoms with E-state index in [1.54, 1.807) is 18.2 Å². The first kappa shape index (κ1) is 23.8. The van der Waals surface area contributed by atoms with Gasteiger partial charge in [0.2, 0.25) is 0 Å². The van der Waals surface area contributed by atoms with E-state index in [-0.39, 0.29) is 17.2 Å². The van der Waals surface area contributed by atoms with Crippen LogP contribution >= 0.6 is 11.6 Å². The van der Waals surface area contributed by atoms with Gasteiger partial charge in [0.25, 0.3) is 11.5 Å². The molecule has 0 bridgehead atoms. The second kappa shape index (κ2) is 9.87. The lowest BCUT2D eigenvalue weighted by Crippen LogP contribution is -2.36. The van der Waals surface area contributed by atoms with Crippen molar-refractivity contribution in [1.29, 1.82) is 0 Å². The highest BCUT2D eigenvalue weighted by Crippen LogP contribution is 2.30. The number of carbonyl (C=O) groups is 1. The molecule has 0 aliphatic carbocycles. The van der Waals surface area contributed by atoms with Crippen LogP contribution in [0.2, 0.25) is 5.02 Å². The third kappa shape index (κ3) is 4.15.